The molecule has 0 saturated carbocycles. The Labute approximate surface area is 115 Å². The molecule has 2 rings (SSSR count). The predicted molar refractivity (Wildman–Crippen MR) is 69.0 cm³/mol. The van der Waals surface area contributed by atoms with Crippen molar-refractivity contribution in [1.82, 2.24) is 9.88 Å². The van der Waals surface area contributed by atoms with Crippen LogP contribution in [-0.2, 0) is 9.84 Å². The summed E-state index contributed by atoms with van der Waals surface area (Å²) in [5.41, 5.74) is 0.346. The van der Waals surface area contributed by atoms with Crippen LogP contribution in [0.1, 0.15) is 0 Å². The molecule has 0 bridgehead atoms. The second-order valence-electron chi connectivity index (χ2n) is 4.17. The summed E-state index contributed by atoms with van der Waals surface area (Å²) in [6, 6.07) is 2.72. The zero-order chi connectivity index (χ0) is 14.2. The van der Waals surface area contributed by atoms with Crippen molar-refractivity contribution in [2.75, 3.05) is 13.1 Å². The van der Waals surface area contributed by atoms with E-state index in [1.54, 1.807) is 0 Å². The van der Waals surface area contributed by atoms with Gasteiger partial charge in [-0.3, -0.25) is 0 Å². The van der Waals surface area contributed by atoms with Crippen LogP contribution < -0.4 is 0 Å². The molecule has 0 radical (unpaired) electrons. The lowest BCUT2D eigenvalue weighted by molar-refractivity contribution is 0.157. The van der Waals surface area contributed by atoms with Crippen LogP contribution in [0.3, 0.4) is 0 Å². The molecule has 102 valence electrons. The lowest BCUT2D eigenvalue weighted by Crippen LogP contribution is -2.31. The second-order valence-corrected chi connectivity index (χ2v) is 6.68. The lowest BCUT2D eigenvalue weighted by atomic mass is 10.3. The van der Waals surface area contributed by atoms with Gasteiger partial charge in [-0.2, -0.15) is 0 Å². The van der Waals surface area contributed by atoms with Crippen LogP contribution in [0.5, 0.6) is 0 Å². The van der Waals surface area contributed by atoms with E-state index in [0.29, 0.717) is 10.6 Å². The van der Waals surface area contributed by atoms with E-state index in [1.165, 1.54) is 18.3 Å². The van der Waals surface area contributed by atoms with Gasteiger partial charge in [0.2, 0.25) is 9.84 Å². The van der Waals surface area contributed by atoms with Crippen molar-refractivity contribution >= 4 is 27.5 Å². The summed E-state index contributed by atoms with van der Waals surface area (Å²) in [4.78, 5) is 15.6. The maximum atomic E-state index is 12.3. The Bertz CT molecular complexity index is 627. The molecule has 0 spiro atoms. The minimum absolute atomic E-state index is 0.0207. The second kappa shape index (κ2) is 4.82. The van der Waals surface area contributed by atoms with Gasteiger partial charge < -0.3 is 10.0 Å². The van der Waals surface area contributed by atoms with Gasteiger partial charge in [-0.15, -0.1) is 0 Å². The summed E-state index contributed by atoms with van der Waals surface area (Å²) >= 11 is 5.65. The standard InChI is InChI=1S/C11H11ClN2O4S/c1-7-5-14(11(15)16)6-9(7)19(17,18)10-3-2-8(12)4-13-10/h2-4,9H,1,5-6H2,(H,15,16). The highest BCUT2D eigenvalue weighted by Gasteiger charge is 2.39. The summed E-state index contributed by atoms with van der Waals surface area (Å²) < 4.78 is 24.7. The van der Waals surface area contributed by atoms with Crippen LogP contribution in [0.2, 0.25) is 5.02 Å². The zero-order valence-corrected chi connectivity index (χ0v) is 11.4. The van der Waals surface area contributed by atoms with Crippen molar-refractivity contribution in [3.05, 3.63) is 35.5 Å². The Hall–Kier alpha value is -1.60. The van der Waals surface area contributed by atoms with Crippen molar-refractivity contribution in [3.63, 3.8) is 0 Å². The van der Waals surface area contributed by atoms with Crippen LogP contribution in [0, 0.1) is 0 Å². The zero-order valence-electron chi connectivity index (χ0n) is 9.78. The molecule has 2 heterocycles. The maximum absolute atomic E-state index is 12.3. The number of carboxylic acid groups (broad SMARTS) is 1. The first-order chi connectivity index (χ1) is 8.82. The molecule has 1 aromatic rings. The van der Waals surface area contributed by atoms with Crippen molar-refractivity contribution in [2.24, 2.45) is 0 Å². The molecule has 1 aromatic heterocycles. The highest BCUT2D eigenvalue weighted by atomic mass is 35.5. The number of halogens is 1. The Kier molecular flexibility index (Phi) is 3.51. The molecule has 1 fully saturated rings. The fraction of sp³-hybridized carbons (Fsp3) is 0.273. The molecule has 1 aliphatic heterocycles. The molecule has 1 unspecified atom stereocenters. The molecule has 1 aliphatic rings. The fourth-order valence-corrected chi connectivity index (χ4v) is 3.63. The smallest absolute Gasteiger partial charge is 0.407 e. The normalized spacial score (nSPS) is 19.7. The highest BCUT2D eigenvalue weighted by Crippen LogP contribution is 2.26. The Balaban J connectivity index is 2.33. The molecular weight excluding hydrogens is 292 g/mol. The summed E-state index contributed by atoms with van der Waals surface area (Å²) in [7, 11) is -3.75. The molecule has 1 atom stereocenters. The average molecular weight is 303 g/mol. The number of rotatable bonds is 2. The van der Waals surface area contributed by atoms with Gasteiger partial charge in [-0.25, -0.2) is 18.2 Å². The first-order valence-electron chi connectivity index (χ1n) is 5.33. The molecule has 19 heavy (non-hydrogen) atoms. The van der Waals surface area contributed by atoms with E-state index in [1.807, 2.05) is 0 Å². The van der Waals surface area contributed by atoms with Crippen LogP contribution in [0.4, 0.5) is 4.79 Å². The molecule has 1 amide bonds. The van der Waals surface area contributed by atoms with Crippen molar-refractivity contribution in [2.45, 2.75) is 10.3 Å². The number of likely N-dealkylation sites (tertiary alicyclic amines) is 1. The van der Waals surface area contributed by atoms with E-state index in [9.17, 15) is 13.2 Å². The topological polar surface area (TPSA) is 87.6 Å². The third kappa shape index (κ3) is 2.57. The van der Waals surface area contributed by atoms with E-state index in [-0.39, 0.29) is 18.1 Å². The predicted octanol–water partition coefficient (Wildman–Crippen LogP) is 1.43. The van der Waals surface area contributed by atoms with Gasteiger partial charge in [0.05, 0.1) is 5.02 Å². The Morgan fingerprint density at radius 3 is 2.68 bits per heavy atom. The van der Waals surface area contributed by atoms with Crippen LogP contribution in [0.15, 0.2) is 35.5 Å². The first kappa shape index (κ1) is 13.8. The summed E-state index contributed by atoms with van der Waals surface area (Å²) in [6.07, 6.45) is 0.0733. The van der Waals surface area contributed by atoms with Gasteiger partial charge in [-0.05, 0) is 17.7 Å². The van der Waals surface area contributed by atoms with Gasteiger partial charge in [0.1, 0.15) is 5.25 Å². The third-order valence-electron chi connectivity index (χ3n) is 2.87. The largest absolute Gasteiger partial charge is 0.465 e. The molecule has 1 saturated heterocycles. The maximum Gasteiger partial charge on any atom is 0.407 e. The lowest BCUT2D eigenvalue weighted by Gasteiger charge is -2.12. The summed E-state index contributed by atoms with van der Waals surface area (Å²) in [6.45, 7) is 3.54. The number of hydrogen-bond donors (Lipinski definition) is 1. The number of aromatic nitrogens is 1. The molecule has 0 aromatic carbocycles. The fourth-order valence-electron chi connectivity index (χ4n) is 1.88. The number of amides is 1. The quantitative estimate of drug-likeness (QED) is 0.835. The van der Waals surface area contributed by atoms with E-state index >= 15 is 0 Å². The van der Waals surface area contributed by atoms with E-state index in [4.69, 9.17) is 16.7 Å². The van der Waals surface area contributed by atoms with Gasteiger partial charge in [0.25, 0.3) is 0 Å². The molecule has 6 nitrogen and oxygen atoms in total. The van der Waals surface area contributed by atoms with Crippen LogP contribution in [-0.4, -0.2) is 47.8 Å². The Morgan fingerprint density at radius 2 is 2.21 bits per heavy atom. The van der Waals surface area contributed by atoms with Crippen LogP contribution in [0.25, 0.3) is 0 Å². The Morgan fingerprint density at radius 1 is 1.53 bits per heavy atom. The molecule has 1 N–H and O–H groups in total. The SMILES string of the molecule is C=C1CN(C(=O)O)CC1S(=O)(=O)c1ccc(Cl)cn1. The number of pyridine rings is 1. The van der Waals surface area contributed by atoms with Crippen molar-refractivity contribution in [3.8, 4) is 0 Å². The number of carbonyl (C=O) groups is 1. The van der Waals surface area contributed by atoms with E-state index in [0.717, 1.165) is 4.90 Å². The van der Waals surface area contributed by atoms with Crippen molar-refractivity contribution in [1.29, 1.82) is 0 Å². The first-order valence-corrected chi connectivity index (χ1v) is 7.26. The summed E-state index contributed by atoms with van der Waals surface area (Å²) in [5.74, 6) is 0. The minimum Gasteiger partial charge on any atom is -0.465 e. The molecule has 0 aliphatic carbocycles. The van der Waals surface area contributed by atoms with Gasteiger partial charge in [0.15, 0.2) is 5.03 Å². The third-order valence-corrected chi connectivity index (χ3v) is 5.15. The molecular formula is C11H11ClN2O4S. The number of hydrogen-bond acceptors (Lipinski definition) is 4. The van der Waals surface area contributed by atoms with Gasteiger partial charge in [-0.1, -0.05) is 18.2 Å². The monoisotopic (exact) mass is 302 g/mol. The summed E-state index contributed by atoms with van der Waals surface area (Å²) in [5, 5.41) is 8.12. The molecule has 8 heteroatoms. The van der Waals surface area contributed by atoms with E-state index < -0.39 is 21.2 Å². The van der Waals surface area contributed by atoms with Gasteiger partial charge >= 0.3 is 6.09 Å². The minimum atomic E-state index is -3.75. The average Bonchev–Trinajstić information content (AvgIpc) is 2.73. The number of sulfone groups is 1. The van der Waals surface area contributed by atoms with E-state index in [2.05, 4.69) is 11.6 Å². The van der Waals surface area contributed by atoms with Gasteiger partial charge in [0, 0.05) is 19.3 Å². The van der Waals surface area contributed by atoms with Crippen molar-refractivity contribution < 1.29 is 18.3 Å². The van der Waals surface area contributed by atoms with Crippen LogP contribution >= 0.6 is 11.6 Å². The highest BCUT2D eigenvalue weighted by molar-refractivity contribution is 7.92. The number of nitrogens with zero attached hydrogens (tertiary/aromatic N) is 2.